The number of aromatic amines is 1. The molecule has 1 amide bonds. The Morgan fingerprint density at radius 1 is 1.18 bits per heavy atom. The van der Waals surface area contributed by atoms with E-state index in [1.807, 2.05) is 30.5 Å². The number of sulfonamides is 1. The molecular formula is C26H27F3N4O5S. The number of nitrogens with zero attached hydrogens (tertiary/aromatic N) is 2. The van der Waals surface area contributed by atoms with Gasteiger partial charge in [-0.3, -0.25) is 4.79 Å². The molecule has 0 radical (unpaired) electrons. The molecule has 0 saturated carbocycles. The number of piperidine rings is 1. The topological polar surface area (TPSA) is 113 Å². The number of halogens is 3. The highest BCUT2D eigenvalue weighted by Gasteiger charge is 2.53. The zero-order chi connectivity index (χ0) is 27.8. The Kier molecular flexibility index (Phi) is 7.06. The SMILES string of the molecule is CNC(=O)C1=NOC2(CCN(S(=O)(=O)c3ccc(OC(F)(F)F)cc3)CC2)C1CCc1c[nH]c2ccccc12. The fourth-order valence-corrected chi connectivity index (χ4v) is 6.83. The van der Waals surface area contributed by atoms with Crippen LogP contribution in [-0.4, -0.2) is 61.4 Å². The first-order chi connectivity index (χ1) is 18.5. The van der Waals surface area contributed by atoms with Crippen molar-refractivity contribution in [1.29, 1.82) is 0 Å². The summed E-state index contributed by atoms with van der Waals surface area (Å²) in [5.41, 5.74) is 1.56. The fraction of sp³-hybridized carbons (Fsp3) is 0.385. The van der Waals surface area contributed by atoms with E-state index < -0.39 is 27.7 Å². The number of fused-ring (bicyclic) bond motifs is 1. The predicted molar refractivity (Wildman–Crippen MR) is 137 cm³/mol. The van der Waals surface area contributed by atoms with Crippen molar-refractivity contribution in [3.05, 3.63) is 60.3 Å². The van der Waals surface area contributed by atoms with Gasteiger partial charge in [-0.1, -0.05) is 23.4 Å². The maximum absolute atomic E-state index is 13.2. The van der Waals surface area contributed by atoms with Crippen LogP contribution in [0.15, 0.2) is 64.8 Å². The smallest absolute Gasteiger partial charge is 0.406 e. The van der Waals surface area contributed by atoms with E-state index >= 15 is 0 Å². The summed E-state index contributed by atoms with van der Waals surface area (Å²) in [5.74, 6) is -1.20. The Bertz CT molecular complexity index is 1490. The number of carbonyl (C=O) groups excluding carboxylic acids is 1. The monoisotopic (exact) mass is 564 g/mol. The van der Waals surface area contributed by atoms with Gasteiger partial charge >= 0.3 is 6.36 Å². The van der Waals surface area contributed by atoms with E-state index in [1.54, 1.807) is 0 Å². The van der Waals surface area contributed by atoms with Crippen LogP contribution < -0.4 is 10.1 Å². The van der Waals surface area contributed by atoms with Crippen molar-refractivity contribution >= 4 is 32.5 Å². The third-order valence-electron chi connectivity index (χ3n) is 7.39. The van der Waals surface area contributed by atoms with E-state index in [9.17, 15) is 26.4 Å². The maximum Gasteiger partial charge on any atom is 0.573 e. The minimum atomic E-state index is -4.87. The average Bonchev–Trinajstić information content (AvgIpc) is 3.48. The number of hydrogen-bond donors (Lipinski definition) is 2. The van der Waals surface area contributed by atoms with Crippen molar-refractivity contribution in [1.82, 2.24) is 14.6 Å². The highest BCUT2D eigenvalue weighted by molar-refractivity contribution is 7.89. The molecule has 208 valence electrons. The van der Waals surface area contributed by atoms with E-state index in [0.717, 1.165) is 40.7 Å². The first-order valence-corrected chi connectivity index (χ1v) is 13.9. The minimum absolute atomic E-state index is 0.100. The predicted octanol–water partition coefficient (Wildman–Crippen LogP) is 3.97. The number of aromatic nitrogens is 1. The highest BCUT2D eigenvalue weighted by atomic mass is 32.2. The van der Waals surface area contributed by atoms with Crippen LogP contribution in [0.3, 0.4) is 0 Å². The number of rotatable bonds is 7. The van der Waals surface area contributed by atoms with Crippen LogP contribution in [0.25, 0.3) is 10.9 Å². The average molecular weight is 565 g/mol. The van der Waals surface area contributed by atoms with E-state index in [2.05, 4.69) is 20.2 Å². The van der Waals surface area contributed by atoms with Crippen molar-refractivity contribution in [2.75, 3.05) is 20.1 Å². The number of amides is 1. The second-order valence-corrected chi connectivity index (χ2v) is 11.5. The van der Waals surface area contributed by atoms with Gasteiger partial charge in [0.05, 0.1) is 10.8 Å². The number of para-hydroxylation sites is 1. The number of oxime groups is 1. The molecule has 1 atom stereocenters. The summed E-state index contributed by atoms with van der Waals surface area (Å²) in [6, 6.07) is 12.0. The third kappa shape index (κ3) is 5.33. The molecule has 3 heterocycles. The normalized spacial score (nSPS) is 19.6. The number of aryl methyl sites for hydroxylation is 1. The maximum atomic E-state index is 13.2. The van der Waals surface area contributed by atoms with Gasteiger partial charge in [0.2, 0.25) is 10.0 Å². The van der Waals surface area contributed by atoms with Gasteiger partial charge in [0.1, 0.15) is 11.4 Å². The van der Waals surface area contributed by atoms with Gasteiger partial charge in [0.25, 0.3) is 5.91 Å². The lowest BCUT2D eigenvalue weighted by molar-refractivity contribution is -0.274. The number of carbonyl (C=O) groups is 1. The summed E-state index contributed by atoms with van der Waals surface area (Å²) in [6.07, 6.45) is -1.10. The van der Waals surface area contributed by atoms with E-state index in [0.29, 0.717) is 25.7 Å². The number of hydrogen-bond acceptors (Lipinski definition) is 6. The van der Waals surface area contributed by atoms with Gasteiger partial charge in [0, 0.05) is 50.1 Å². The van der Waals surface area contributed by atoms with Crippen LogP contribution in [0.1, 0.15) is 24.8 Å². The van der Waals surface area contributed by atoms with Crippen LogP contribution in [0.4, 0.5) is 13.2 Å². The Hall–Kier alpha value is -3.58. The second-order valence-electron chi connectivity index (χ2n) is 9.59. The largest absolute Gasteiger partial charge is 0.573 e. The summed E-state index contributed by atoms with van der Waals surface area (Å²) < 4.78 is 68.9. The fourth-order valence-electron chi connectivity index (χ4n) is 5.39. The standard InChI is InChI=1S/C26H27F3N4O5S/c1-30-24(34)23-21(11-6-17-16-31-22-5-3-2-4-20(17)22)25(38-32-23)12-14-33(15-13-25)39(35,36)19-9-7-18(8-10-19)37-26(27,28)29/h2-5,7-10,16,21,31H,6,11-15H2,1H3,(H,30,34). The third-order valence-corrected chi connectivity index (χ3v) is 9.30. The lowest BCUT2D eigenvalue weighted by atomic mass is 9.75. The molecule has 1 fully saturated rings. The first kappa shape index (κ1) is 27.0. The minimum Gasteiger partial charge on any atom is -0.406 e. The number of alkyl halides is 3. The van der Waals surface area contributed by atoms with Crippen LogP contribution in [0.5, 0.6) is 5.75 Å². The Morgan fingerprint density at radius 3 is 2.54 bits per heavy atom. The molecule has 5 rings (SSSR count). The molecule has 0 bridgehead atoms. The van der Waals surface area contributed by atoms with Crippen LogP contribution in [0, 0.1) is 5.92 Å². The Morgan fingerprint density at radius 2 is 1.87 bits per heavy atom. The van der Waals surface area contributed by atoms with Crippen molar-refractivity contribution < 1.29 is 36.0 Å². The van der Waals surface area contributed by atoms with Crippen molar-refractivity contribution in [3.8, 4) is 5.75 Å². The molecule has 2 aliphatic heterocycles. The van der Waals surface area contributed by atoms with E-state index in [4.69, 9.17) is 4.84 Å². The zero-order valence-electron chi connectivity index (χ0n) is 21.0. The van der Waals surface area contributed by atoms with Crippen molar-refractivity contribution in [2.45, 2.75) is 42.5 Å². The highest BCUT2D eigenvalue weighted by Crippen LogP contribution is 2.43. The van der Waals surface area contributed by atoms with E-state index in [1.165, 1.54) is 11.4 Å². The molecule has 2 aromatic carbocycles. The van der Waals surface area contributed by atoms with Gasteiger partial charge in [0.15, 0.2) is 5.71 Å². The lowest BCUT2D eigenvalue weighted by Crippen LogP contribution is -2.52. The van der Waals surface area contributed by atoms with Gasteiger partial charge in [-0.05, 0) is 48.7 Å². The molecule has 0 aliphatic carbocycles. The van der Waals surface area contributed by atoms with Gasteiger partial charge < -0.3 is 19.9 Å². The number of ether oxygens (including phenoxy) is 1. The van der Waals surface area contributed by atoms with Gasteiger partial charge in [-0.15, -0.1) is 13.2 Å². The lowest BCUT2D eigenvalue weighted by Gasteiger charge is -2.40. The summed E-state index contributed by atoms with van der Waals surface area (Å²) in [6.45, 7) is 0.201. The molecule has 1 spiro atoms. The molecular weight excluding hydrogens is 537 g/mol. The second kappa shape index (κ2) is 10.2. The molecule has 2 N–H and O–H groups in total. The number of H-pyrrole nitrogens is 1. The zero-order valence-corrected chi connectivity index (χ0v) is 21.8. The molecule has 1 aromatic heterocycles. The molecule has 3 aromatic rings. The van der Waals surface area contributed by atoms with Crippen molar-refractivity contribution in [3.63, 3.8) is 0 Å². The Labute approximate surface area is 223 Å². The van der Waals surface area contributed by atoms with Crippen LogP contribution in [0.2, 0.25) is 0 Å². The Balaban J connectivity index is 1.31. The molecule has 39 heavy (non-hydrogen) atoms. The number of nitrogens with one attached hydrogen (secondary N) is 2. The van der Waals surface area contributed by atoms with Crippen molar-refractivity contribution in [2.24, 2.45) is 11.1 Å². The first-order valence-electron chi connectivity index (χ1n) is 12.4. The van der Waals surface area contributed by atoms with Gasteiger partial charge in [-0.25, -0.2) is 8.42 Å². The van der Waals surface area contributed by atoms with Crippen LogP contribution in [-0.2, 0) is 26.1 Å². The molecule has 1 saturated heterocycles. The molecule has 9 nitrogen and oxygen atoms in total. The molecule has 2 aliphatic rings. The quantitative estimate of drug-likeness (QED) is 0.451. The summed E-state index contributed by atoms with van der Waals surface area (Å²) >= 11 is 0. The summed E-state index contributed by atoms with van der Waals surface area (Å²) in [5, 5.41) is 7.84. The number of benzene rings is 2. The summed E-state index contributed by atoms with van der Waals surface area (Å²) in [4.78, 5) is 21.6. The van der Waals surface area contributed by atoms with Crippen LogP contribution >= 0.6 is 0 Å². The molecule has 13 heteroatoms. The van der Waals surface area contributed by atoms with E-state index in [-0.39, 0.29) is 35.5 Å². The summed E-state index contributed by atoms with van der Waals surface area (Å²) in [7, 11) is -2.45. The molecule has 1 unspecified atom stereocenters. The van der Waals surface area contributed by atoms with Gasteiger partial charge in [-0.2, -0.15) is 4.31 Å².